The van der Waals surface area contributed by atoms with Crippen LogP contribution in [0.2, 0.25) is 0 Å². The fourth-order valence-corrected chi connectivity index (χ4v) is 2.52. The zero-order chi connectivity index (χ0) is 15.4. The van der Waals surface area contributed by atoms with E-state index in [1.54, 1.807) is 11.9 Å². The molecular formula is C16H15BrN2OS. The lowest BCUT2D eigenvalue weighted by atomic mass is 10.1. The summed E-state index contributed by atoms with van der Waals surface area (Å²) in [5.41, 5.74) is 8.14. The van der Waals surface area contributed by atoms with Crippen molar-refractivity contribution in [3.8, 4) is 0 Å². The summed E-state index contributed by atoms with van der Waals surface area (Å²) in [4.78, 5) is 14.3. The Morgan fingerprint density at radius 1 is 1.24 bits per heavy atom. The van der Waals surface area contributed by atoms with Crippen molar-refractivity contribution in [2.24, 2.45) is 5.73 Å². The molecule has 0 unspecified atom stereocenters. The van der Waals surface area contributed by atoms with Crippen LogP contribution < -0.4 is 10.6 Å². The molecule has 2 N–H and O–H groups in total. The van der Waals surface area contributed by atoms with Gasteiger partial charge in [-0.1, -0.05) is 40.3 Å². The molecule has 0 saturated heterocycles. The molecule has 0 heterocycles. The summed E-state index contributed by atoms with van der Waals surface area (Å²) in [5.74, 6) is 0.0242. The van der Waals surface area contributed by atoms with Crippen LogP contribution in [0.15, 0.2) is 53.0 Å². The Labute approximate surface area is 137 Å². The van der Waals surface area contributed by atoms with Crippen LogP contribution in [-0.2, 0) is 11.2 Å². The predicted octanol–water partition coefficient (Wildman–Crippen LogP) is 3.29. The van der Waals surface area contributed by atoms with Crippen molar-refractivity contribution < 1.29 is 4.79 Å². The molecule has 0 fully saturated rings. The maximum absolute atomic E-state index is 12.3. The number of amides is 1. The van der Waals surface area contributed by atoms with Gasteiger partial charge < -0.3 is 10.6 Å². The molecule has 3 nitrogen and oxygen atoms in total. The minimum atomic E-state index is 0.0242. The summed E-state index contributed by atoms with van der Waals surface area (Å²) in [6.07, 6.45) is 0.354. The van der Waals surface area contributed by atoms with Crippen molar-refractivity contribution in [2.75, 3.05) is 11.9 Å². The van der Waals surface area contributed by atoms with Gasteiger partial charge >= 0.3 is 0 Å². The van der Waals surface area contributed by atoms with E-state index in [0.29, 0.717) is 11.4 Å². The Hall–Kier alpha value is -1.72. The number of anilines is 1. The van der Waals surface area contributed by atoms with Crippen LogP contribution in [0.3, 0.4) is 0 Å². The summed E-state index contributed by atoms with van der Waals surface area (Å²) < 4.78 is 0.969. The highest BCUT2D eigenvalue weighted by Gasteiger charge is 2.12. The average molecular weight is 363 g/mol. The SMILES string of the molecule is CN(C(=O)Cc1cccc(Br)c1)c1ccc(C(N)=S)cc1. The van der Waals surface area contributed by atoms with Crippen LogP contribution in [0.5, 0.6) is 0 Å². The third kappa shape index (κ3) is 4.12. The monoisotopic (exact) mass is 362 g/mol. The molecule has 0 spiro atoms. The molecule has 5 heteroatoms. The van der Waals surface area contributed by atoms with Crippen molar-refractivity contribution in [3.63, 3.8) is 0 Å². The fourth-order valence-electron chi connectivity index (χ4n) is 1.93. The molecule has 108 valence electrons. The van der Waals surface area contributed by atoms with Gasteiger partial charge in [0.1, 0.15) is 4.99 Å². The van der Waals surface area contributed by atoms with E-state index in [-0.39, 0.29) is 5.91 Å². The normalized spacial score (nSPS) is 10.2. The number of hydrogen-bond acceptors (Lipinski definition) is 2. The third-order valence-electron chi connectivity index (χ3n) is 3.16. The second-order valence-electron chi connectivity index (χ2n) is 4.67. The number of carbonyl (C=O) groups is 1. The Balaban J connectivity index is 2.10. The fraction of sp³-hybridized carbons (Fsp3) is 0.125. The molecule has 2 rings (SSSR count). The Morgan fingerprint density at radius 2 is 1.90 bits per heavy atom. The maximum atomic E-state index is 12.3. The number of hydrogen-bond donors (Lipinski definition) is 1. The first-order valence-electron chi connectivity index (χ1n) is 6.38. The smallest absolute Gasteiger partial charge is 0.231 e. The first-order valence-corrected chi connectivity index (χ1v) is 7.58. The number of nitrogens with two attached hydrogens (primary N) is 1. The van der Waals surface area contributed by atoms with Crippen LogP contribution >= 0.6 is 28.1 Å². The molecule has 1 amide bonds. The van der Waals surface area contributed by atoms with Crippen LogP contribution in [-0.4, -0.2) is 17.9 Å². The minimum Gasteiger partial charge on any atom is -0.389 e. The lowest BCUT2D eigenvalue weighted by molar-refractivity contribution is -0.117. The zero-order valence-electron chi connectivity index (χ0n) is 11.5. The van der Waals surface area contributed by atoms with E-state index in [1.807, 2.05) is 48.5 Å². The van der Waals surface area contributed by atoms with Crippen LogP contribution in [0.25, 0.3) is 0 Å². The van der Waals surface area contributed by atoms with Gasteiger partial charge in [-0.3, -0.25) is 4.79 Å². The van der Waals surface area contributed by atoms with Crippen LogP contribution in [0.1, 0.15) is 11.1 Å². The molecule has 2 aromatic rings. The lowest BCUT2D eigenvalue weighted by Gasteiger charge is -2.18. The first kappa shape index (κ1) is 15.7. The molecule has 0 radical (unpaired) electrons. The molecular weight excluding hydrogens is 348 g/mol. The molecule has 21 heavy (non-hydrogen) atoms. The molecule has 0 aliphatic rings. The summed E-state index contributed by atoms with van der Waals surface area (Å²) in [7, 11) is 1.76. The van der Waals surface area contributed by atoms with E-state index < -0.39 is 0 Å². The standard InChI is InChI=1S/C16H15BrN2OS/c1-19(14-7-5-12(6-8-14)16(18)21)15(20)10-11-3-2-4-13(17)9-11/h2-9H,10H2,1H3,(H2,18,21). The first-order chi connectivity index (χ1) is 9.97. The maximum Gasteiger partial charge on any atom is 0.231 e. The number of benzene rings is 2. The van der Waals surface area contributed by atoms with Crippen molar-refractivity contribution in [1.29, 1.82) is 0 Å². The molecule has 0 aliphatic heterocycles. The highest BCUT2D eigenvalue weighted by atomic mass is 79.9. The lowest BCUT2D eigenvalue weighted by Crippen LogP contribution is -2.27. The van der Waals surface area contributed by atoms with Gasteiger partial charge in [0.2, 0.25) is 5.91 Å². The van der Waals surface area contributed by atoms with E-state index in [0.717, 1.165) is 21.3 Å². The third-order valence-corrected chi connectivity index (χ3v) is 3.89. The Bertz CT molecular complexity index is 670. The molecule has 0 bridgehead atoms. The highest BCUT2D eigenvalue weighted by Crippen LogP contribution is 2.17. The molecule has 0 aromatic heterocycles. The Kier molecular flexibility index (Phi) is 5.09. The second kappa shape index (κ2) is 6.83. The summed E-state index contributed by atoms with van der Waals surface area (Å²) in [6.45, 7) is 0. The predicted molar refractivity (Wildman–Crippen MR) is 93.6 cm³/mol. The summed E-state index contributed by atoms with van der Waals surface area (Å²) in [5, 5.41) is 0. The van der Waals surface area contributed by atoms with E-state index >= 15 is 0 Å². The molecule has 0 saturated carbocycles. The van der Waals surface area contributed by atoms with Gasteiger partial charge in [-0.25, -0.2) is 0 Å². The van der Waals surface area contributed by atoms with Gasteiger partial charge in [0.05, 0.1) is 6.42 Å². The van der Waals surface area contributed by atoms with Crippen LogP contribution in [0.4, 0.5) is 5.69 Å². The number of halogens is 1. The van der Waals surface area contributed by atoms with Gasteiger partial charge in [-0.2, -0.15) is 0 Å². The summed E-state index contributed by atoms with van der Waals surface area (Å²) in [6, 6.07) is 15.1. The van der Waals surface area contributed by atoms with Gasteiger partial charge in [0.15, 0.2) is 0 Å². The van der Waals surface area contributed by atoms with E-state index in [4.69, 9.17) is 18.0 Å². The van der Waals surface area contributed by atoms with E-state index in [9.17, 15) is 4.79 Å². The second-order valence-corrected chi connectivity index (χ2v) is 6.03. The highest BCUT2D eigenvalue weighted by molar-refractivity contribution is 9.10. The van der Waals surface area contributed by atoms with Gasteiger partial charge in [-0.15, -0.1) is 0 Å². The number of nitrogens with zero attached hydrogens (tertiary/aromatic N) is 1. The quantitative estimate of drug-likeness (QED) is 0.848. The van der Waals surface area contributed by atoms with E-state index in [2.05, 4.69) is 15.9 Å². The zero-order valence-corrected chi connectivity index (χ0v) is 13.9. The van der Waals surface area contributed by atoms with Crippen molar-refractivity contribution in [1.82, 2.24) is 0 Å². The van der Waals surface area contributed by atoms with Gasteiger partial charge in [-0.05, 0) is 42.0 Å². The van der Waals surface area contributed by atoms with Crippen LogP contribution in [0, 0.1) is 0 Å². The van der Waals surface area contributed by atoms with Gasteiger partial charge in [0, 0.05) is 22.8 Å². The Morgan fingerprint density at radius 3 is 2.48 bits per heavy atom. The number of rotatable bonds is 4. The van der Waals surface area contributed by atoms with Crippen molar-refractivity contribution in [2.45, 2.75) is 6.42 Å². The summed E-state index contributed by atoms with van der Waals surface area (Å²) >= 11 is 8.32. The number of carbonyl (C=O) groups excluding carboxylic acids is 1. The number of thiocarbonyl (C=S) groups is 1. The van der Waals surface area contributed by atoms with E-state index in [1.165, 1.54) is 0 Å². The molecule has 0 atom stereocenters. The molecule has 2 aromatic carbocycles. The van der Waals surface area contributed by atoms with Crippen molar-refractivity contribution in [3.05, 3.63) is 64.1 Å². The molecule has 0 aliphatic carbocycles. The average Bonchev–Trinajstić information content (AvgIpc) is 2.46. The topological polar surface area (TPSA) is 46.3 Å². The number of likely N-dealkylation sites (N-methyl/N-ethyl adjacent to an activating group) is 1. The minimum absolute atomic E-state index is 0.0242. The van der Waals surface area contributed by atoms with Crippen molar-refractivity contribution >= 4 is 44.7 Å². The van der Waals surface area contributed by atoms with Gasteiger partial charge in [0.25, 0.3) is 0 Å². The largest absolute Gasteiger partial charge is 0.389 e.